The molecular weight excluding hydrogens is 402 g/mol. The Morgan fingerprint density at radius 3 is 2.21 bits per heavy atom. The molecule has 2 aromatic rings. The number of thioether (sulfide) groups is 1. The highest BCUT2D eigenvalue weighted by atomic mass is 32.2. The summed E-state index contributed by atoms with van der Waals surface area (Å²) < 4.78 is 0.713. The number of hydrogen-bond donors (Lipinski definition) is 0. The van der Waals surface area contributed by atoms with Crippen LogP contribution in [0, 0.1) is 0 Å². The molecule has 7 heteroatoms. The fraction of sp³-hybridized carbons (Fsp3) is 0.318. The van der Waals surface area contributed by atoms with Crippen LogP contribution in [0.5, 0.6) is 0 Å². The maximum Gasteiger partial charge on any atom is 0.247 e. The number of thiocarbonyl (C=S) groups is 1. The van der Waals surface area contributed by atoms with Gasteiger partial charge in [0.15, 0.2) is 0 Å². The van der Waals surface area contributed by atoms with Crippen LogP contribution in [-0.2, 0) is 16.1 Å². The largest absolute Gasteiger partial charge is 0.355 e. The third-order valence-corrected chi connectivity index (χ3v) is 6.90. The Morgan fingerprint density at radius 2 is 1.55 bits per heavy atom. The zero-order valence-electron chi connectivity index (χ0n) is 16.1. The van der Waals surface area contributed by atoms with Crippen LogP contribution in [0.25, 0.3) is 0 Å². The number of amides is 2. The molecule has 150 valence electrons. The molecule has 0 radical (unpaired) electrons. The number of nitrogens with zero attached hydrogens (tertiary/aromatic N) is 3. The van der Waals surface area contributed by atoms with E-state index in [1.165, 1.54) is 22.2 Å². The lowest BCUT2D eigenvalue weighted by Gasteiger charge is -2.36. The molecule has 2 aliphatic rings. The number of para-hydroxylation sites is 1. The smallest absolute Gasteiger partial charge is 0.247 e. The lowest BCUT2D eigenvalue weighted by Crippen LogP contribution is -2.47. The number of anilines is 1. The maximum absolute atomic E-state index is 12.8. The van der Waals surface area contributed by atoms with Crippen LogP contribution in [0.2, 0.25) is 0 Å². The van der Waals surface area contributed by atoms with Crippen LogP contribution in [0.3, 0.4) is 0 Å². The van der Waals surface area contributed by atoms with Crippen molar-refractivity contribution in [2.45, 2.75) is 18.2 Å². The van der Waals surface area contributed by atoms with Crippen LogP contribution < -0.4 is 4.90 Å². The Morgan fingerprint density at radius 1 is 0.931 bits per heavy atom. The lowest BCUT2D eigenvalue weighted by atomic mass is 10.2. The van der Waals surface area contributed by atoms with Gasteiger partial charge in [-0.1, -0.05) is 72.5 Å². The summed E-state index contributed by atoms with van der Waals surface area (Å²) in [5.74, 6) is -0.328. The molecule has 0 aliphatic carbocycles. The van der Waals surface area contributed by atoms with Gasteiger partial charge >= 0.3 is 0 Å². The van der Waals surface area contributed by atoms with E-state index in [0.29, 0.717) is 10.0 Å². The Hall–Kier alpha value is -2.22. The van der Waals surface area contributed by atoms with Gasteiger partial charge in [0.05, 0.1) is 5.69 Å². The summed E-state index contributed by atoms with van der Waals surface area (Å²) in [6.07, 6.45) is 0.201. The monoisotopic (exact) mass is 425 g/mol. The van der Waals surface area contributed by atoms with Gasteiger partial charge in [0.25, 0.3) is 0 Å². The summed E-state index contributed by atoms with van der Waals surface area (Å²) in [5, 5.41) is -0.433. The summed E-state index contributed by atoms with van der Waals surface area (Å²) in [5.41, 5.74) is 1.94. The molecule has 0 unspecified atom stereocenters. The molecule has 0 bridgehead atoms. The predicted molar refractivity (Wildman–Crippen MR) is 121 cm³/mol. The van der Waals surface area contributed by atoms with E-state index in [0.717, 1.165) is 32.7 Å². The van der Waals surface area contributed by atoms with Gasteiger partial charge in [-0.2, -0.15) is 0 Å². The second-order valence-electron chi connectivity index (χ2n) is 7.23. The molecule has 2 amide bonds. The minimum atomic E-state index is -0.433. The van der Waals surface area contributed by atoms with Gasteiger partial charge in [0.1, 0.15) is 9.57 Å². The van der Waals surface area contributed by atoms with Gasteiger partial charge in [-0.3, -0.25) is 14.5 Å². The standard InChI is InChI=1S/C22H23N3O2S2/c26-20-15-19(21(27)25(20)18-9-5-2-6-10-18)29-22(28)24-13-11-23(12-14-24)16-17-7-3-1-4-8-17/h1-10,19H,11-16H2/t19-/m0/s1. The Bertz CT molecular complexity index is 883. The fourth-order valence-electron chi connectivity index (χ4n) is 3.67. The van der Waals surface area contributed by atoms with Gasteiger partial charge in [-0.25, -0.2) is 4.90 Å². The lowest BCUT2D eigenvalue weighted by molar-refractivity contribution is -0.121. The van der Waals surface area contributed by atoms with Gasteiger partial charge in [0, 0.05) is 39.1 Å². The minimum absolute atomic E-state index is 0.158. The number of benzene rings is 2. The van der Waals surface area contributed by atoms with E-state index in [-0.39, 0.29) is 18.2 Å². The highest BCUT2D eigenvalue weighted by Gasteiger charge is 2.41. The predicted octanol–water partition coefficient (Wildman–Crippen LogP) is 3.15. The van der Waals surface area contributed by atoms with E-state index in [1.54, 1.807) is 12.1 Å². The van der Waals surface area contributed by atoms with Crippen LogP contribution in [-0.4, -0.2) is 57.4 Å². The van der Waals surface area contributed by atoms with Crippen LogP contribution in [0.1, 0.15) is 12.0 Å². The zero-order valence-corrected chi connectivity index (χ0v) is 17.7. The molecule has 0 saturated carbocycles. The van der Waals surface area contributed by atoms with Crippen molar-refractivity contribution < 1.29 is 9.59 Å². The Balaban J connectivity index is 1.30. The molecule has 2 heterocycles. The van der Waals surface area contributed by atoms with Crippen LogP contribution in [0.4, 0.5) is 5.69 Å². The van der Waals surface area contributed by atoms with E-state index >= 15 is 0 Å². The first-order valence-electron chi connectivity index (χ1n) is 9.75. The molecule has 2 aromatic carbocycles. The number of rotatable bonds is 4. The van der Waals surface area contributed by atoms with Gasteiger partial charge in [-0.15, -0.1) is 0 Å². The summed E-state index contributed by atoms with van der Waals surface area (Å²) in [4.78, 5) is 31.0. The quantitative estimate of drug-likeness (QED) is 0.554. The molecule has 4 rings (SSSR count). The Kier molecular flexibility index (Phi) is 6.28. The van der Waals surface area contributed by atoms with Crippen molar-refractivity contribution >= 4 is 45.8 Å². The van der Waals surface area contributed by atoms with Crippen molar-refractivity contribution in [2.24, 2.45) is 0 Å². The number of hydrogen-bond acceptors (Lipinski definition) is 5. The van der Waals surface area contributed by atoms with E-state index < -0.39 is 5.25 Å². The van der Waals surface area contributed by atoms with Crippen molar-refractivity contribution in [1.29, 1.82) is 0 Å². The summed E-state index contributed by atoms with van der Waals surface area (Å²) in [7, 11) is 0. The molecule has 1 atom stereocenters. The zero-order chi connectivity index (χ0) is 20.2. The van der Waals surface area contributed by atoms with E-state index in [1.807, 2.05) is 24.3 Å². The molecule has 0 N–H and O–H groups in total. The third-order valence-electron chi connectivity index (χ3n) is 5.24. The first-order chi connectivity index (χ1) is 14.1. The molecule has 0 aromatic heterocycles. The van der Waals surface area contributed by atoms with Crippen molar-refractivity contribution in [1.82, 2.24) is 9.80 Å². The average Bonchev–Trinajstić information content (AvgIpc) is 3.03. The summed E-state index contributed by atoms with van der Waals surface area (Å²) >= 11 is 6.97. The van der Waals surface area contributed by atoms with Crippen LogP contribution >= 0.6 is 24.0 Å². The van der Waals surface area contributed by atoms with Crippen molar-refractivity contribution in [3.63, 3.8) is 0 Å². The van der Waals surface area contributed by atoms with Crippen molar-refractivity contribution in [3.05, 3.63) is 66.2 Å². The van der Waals surface area contributed by atoms with E-state index in [9.17, 15) is 9.59 Å². The number of carbonyl (C=O) groups is 2. The van der Waals surface area contributed by atoms with Crippen molar-refractivity contribution in [3.8, 4) is 0 Å². The maximum atomic E-state index is 12.8. The Labute approximate surface area is 180 Å². The molecule has 2 aliphatic heterocycles. The average molecular weight is 426 g/mol. The topological polar surface area (TPSA) is 43.9 Å². The molecular formula is C22H23N3O2S2. The van der Waals surface area contributed by atoms with E-state index in [4.69, 9.17) is 12.2 Å². The molecule has 5 nitrogen and oxygen atoms in total. The second kappa shape index (κ2) is 9.07. The first kappa shape index (κ1) is 20.1. The van der Waals surface area contributed by atoms with Gasteiger partial charge in [0.2, 0.25) is 11.8 Å². The van der Waals surface area contributed by atoms with E-state index in [2.05, 4.69) is 34.1 Å². The van der Waals surface area contributed by atoms with Crippen LogP contribution in [0.15, 0.2) is 60.7 Å². The van der Waals surface area contributed by atoms with Gasteiger partial charge in [-0.05, 0) is 17.7 Å². The normalized spacial score (nSPS) is 20.3. The number of piperazine rings is 1. The number of carbonyl (C=O) groups excluding carboxylic acids is 2. The third kappa shape index (κ3) is 4.69. The molecule has 0 spiro atoms. The minimum Gasteiger partial charge on any atom is -0.355 e. The summed E-state index contributed by atoms with van der Waals surface area (Å²) in [6.45, 7) is 4.49. The van der Waals surface area contributed by atoms with Gasteiger partial charge < -0.3 is 4.90 Å². The van der Waals surface area contributed by atoms with Crippen molar-refractivity contribution in [2.75, 3.05) is 31.1 Å². The number of imide groups is 1. The molecule has 2 saturated heterocycles. The molecule has 2 fully saturated rings. The first-order valence-corrected chi connectivity index (χ1v) is 11.0. The fourth-order valence-corrected chi connectivity index (χ4v) is 5.21. The highest BCUT2D eigenvalue weighted by molar-refractivity contribution is 8.23. The SMILES string of the molecule is O=C1C[C@H](SC(=S)N2CCN(Cc3ccccc3)CC2)C(=O)N1c1ccccc1. The second-order valence-corrected chi connectivity index (χ2v) is 9.06. The summed E-state index contributed by atoms with van der Waals surface area (Å²) in [6, 6.07) is 19.6. The molecule has 29 heavy (non-hydrogen) atoms. The highest BCUT2D eigenvalue weighted by Crippen LogP contribution is 2.31.